The number of hydrogen-bond donors (Lipinski definition) is 1. The number of nitrogens with zero attached hydrogens (tertiary/aromatic N) is 4. The van der Waals surface area contributed by atoms with Crippen LogP contribution in [0.1, 0.15) is 17.5 Å². The summed E-state index contributed by atoms with van der Waals surface area (Å²) in [6.45, 7) is 5.14. The molecule has 1 unspecified atom stereocenters. The van der Waals surface area contributed by atoms with Gasteiger partial charge in [0, 0.05) is 48.3 Å². The average molecular weight is 408 g/mol. The summed E-state index contributed by atoms with van der Waals surface area (Å²) in [5.41, 5.74) is 9.39. The zero-order valence-electron chi connectivity index (χ0n) is 16.5. The van der Waals surface area contributed by atoms with Crippen molar-refractivity contribution in [2.45, 2.75) is 30.8 Å². The first kappa shape index (κ1) is 18.5. The lowest BCUT2D eigenvalue weighted by atomic mass is 10.1. The highest BCUT2D eigenvalue weighted by Crippen LogP contribution is 2.31. The Morgan fingerprint density at radius 2 is 1.97 bits per heavy atom. The summed E-state index contributed by atoms with van der Waals surface area (Å²) >= 11 is 0. The molecule has 2 N–H and O–H groups in total. The van der Waals surface area contributed by atoms with Gasteiger partial charge in [0.25, 0.3) is 0 Å². The van der Waals surface area contributed by atoms with Crippen LogP contribution in [0.2, 0.25) is 0 Å². The van der Waals surface area contributed by atoms with Gasteiger partial charge in [-0.3, -0.25) is 4.21 Å². The third kappa shape index (κ3) is 3.49. The molecule has 5 rings (SSSR count). The van der Waals surface area contributed by atoms with Crippen LogP contribution < -0.4 is 15.5 Å². The quantitative estimate of drug-likeness (QED) is 0.704. The van der Waals surface area contributed by atoms with Gasteiger partial charge >= 0.3 is 0 Å². The van der Waals surface area contributed by atoms with Crippen LogP contribution in [0.3, 0.4) is 0 Å². The normalized spacial score (nSPS) is 22.0. The fourth-order valence-electron chi connectivity index (χ4n) is 4.19. The lowest BCUT2D eigenvalue weighted by molar-refractivity contribution is 0.683. The van der Waals surface area contributed by atoms with E-state index in [1.54, 1.807) is 0 Å². The molecule has 0 radical (unpaired) electrons. The zero-order chi connectivity index (χ0) is 20.0. The number of nitrogens with two attached hydrogens (primary N) is 1. The summed E-state index contributed by atoms with van der Waals surface area (Å²) in [7, 11) is -0.993. The molecule has 0 aliphatic carbocycles. The van der Waals surface area contributed by atoms with Gasteiger partial charge in [0.05, 0.1) is 16.3 Å². The van der Waals surface area contributed by atoms with Crippen LogP contribution >= 0.6 is 0 Å². The molecule has 0 spiro atoms. The maximum Gasteiger partial charge on any atom is 0.228 e. The number of anilines is 2. The maximum absolute atomic E-state index is 12.7. The van der Waals surface area contributed by atoms with Crippen LogP contribution in [0.15, 0.2) is 47.4 Å². The van der Waals surface area contributed by atoms with Crippen LogP contribution in [0.25, 0.3) is 10.9 Å². The molecular weight excluding hydrogens is 382 g/mol. The van der Waals surface area contributed by atoms with Gasteiger partial charge in [-0.2, -0.15) is 4.98 Å². The highest BCUT2D eigenvalue weighted by atomic mass is 32.2. The summed E-state index contributed by atoms with van der Waals surface area (Å²) in [5.74, 6) is 2.24. The molecule has 1 saturated heterocycles. The number of benzene rings is 2. The smallest absolute Gasteiger partial charge is 0.228 e. The van der Waals surface area contributed by atoms with Crippen LogP contribution in [0, 0.1) is 6.92 Å². The van der Waals surface area contributed by atoms with Crippen LogP contribution in [-0.4, -0.2) is 45.6 Å². The van der Waals surface area contributed by atoms with E-state index in [-0.39, 0.29) is 6.04 Å². The fourth-order valence-corrected chi connectivity index (χ4v) is 5.45. The summed E-state index contributed by atoms with van der Waals surface area (Å²) in [6, 6.07) is 14.5. The van der Waals surface area contributed by atoms with Crippen molar-refractivity contribution in [1.29, 1.82) is 0 Å². The molecule has 0 amide bonds. The van der Waals surface area contributed by atoms with Crippen molar-refractivity contribution in [1.82, 2.24) is 9.97 Å². The number of hydrogen-bond acceptors (Lipinski definition) is 6. The second kappa shape index (κ2) is 7.39. The van der Waals surface area contributed by atoms with Crippen molar-refractivity contribution in [3.05, 3.63) is 53.6 Å². The van der Waals surface area contributed by atoms with Crippen molar-refractivity contribution < 1.29 is 4.21 Å². The Balaban J connectivity index is 1.60. The fraction of sp³-hybridized carbons (Fsp3) is 0.364. The van der Waals surface area contributed by atoms with Crippen LogP contribution in [0.5, 0.6) is 0 Å². The molecule has 0 saturated carbocycles. The highest BCUT2D eigenvalue weighted by Gasteiger charge is 2.26. The topological polar surface area (TPSA) is 75.4 Å². The van der Waals surface area contributed by atoms with Crippen molar-refractivity contribution in [2.24, 2.45) is 5.73 Å². The monoisotopic (exact) mass is 407 g/mol. The molecule has 3 heterocycles. The Labute approximate surface area is 173 Å². The molecule has 2 atom stereocenters. The molecule has 150 valence electrons. The van der Waals surface area contributed by atoms with Gasteiger partial charge in [0.2, 0.25) is 5.95 Å². The first-order chi connectivity index (χ1) is 14.1. The minimum absolute atomic E-state index is 0.181. The largest absolute Gasteiger partial charge is 0.354 e. The van der Waals surface area contributed by atoms with Gasteiger partial charge in [0.15, 0.2) is 0 Å². The number of fused-ring (bicyclic) bond motifs is 2. The summed E-state index contributed by atoms with van der Waals surface area (Å²) in [6.07, 6.45) is 0.975. The summed E-state index contributed by atoms with van der Waals surface area (Å²) < 4.78 is 12.7. The molecule has 2 aliphatic rings. The van der Waals surface area contributed by atoms with Crippen molar-refractivity contribution in [2.75, 3.05) is 35.2 Å². The van der Waals surface area contributed by atoms with Gasteiger partial charge in [-0.15, -0.1) is 0 Å². The minimum Gasteiger partial charge on any atom is -0.354 e. The molecule has 2 aliphatic heterocycles. The van der Waals surface area contributed by atoms with E-state index in [1.807, 2.05) is 18.2 Å². The van der Waals surface area contributed by atoms with Crippen molar-refractivity contribution in [3.8, 4) is 0 Å². The van der Waals surface area contributed by atoms with Crippen molar-refractivity contribution in [3.63, 3.8) is 0 Å². The predicted molar refractivity (Wildman–Crippen MR) is 118 cm³/mol. The van der Waals surface area contributed by atoms with E-state index < -0.39 is 10.8 Å². The van der Waals surface area contributed by atoms with Gasteiger partial charge in [-0.25, -0.2) is 4.98 Å². The van der Waals surface area contributed by atoms with Crippen LogP contribution in [-0.2, 0) is 17.3 Å². The van der Waals surface area contributed by atoms with E-state index in [4.69, 9.17) is 15.7 Å². The lowest BCUT2D eigenvalue weighted by Gasteiger charge is -2.25. The number of aromatic nitrogens is 2. The van der Waals surface area contributed by atoms with E-state index in [0.717, 1.165) is 46.7 Å². The molecule has 1 fully saturated rings. The lowest BCUT2D eigenvalue weighted by Crippen LogP contribution is -2.30. The molecular formula is C22H25N5OS. The van der Waals surface area contributed by atoms with E-state index in [2.05, 4.69) is 41.0 Å². The first-order valence-corrected chi connectivity index (χ1v) is 11.4. The third-order valence-electron chi connectivity index (χ3n) is 5.75. The third-order valence-corrected chi connectivity index (χ3v) is 7.19. The van der Waals surface area contributed by atoms with E-state index >= 15 is 0 Å². The average Bonchev–Trinajstić information content (AvgIpc) is 3.08. The van der Waals surface area contributed by atoms with E-state index in [9.17, 15) is 4.21 Å². The number of rotatable bonds is 2. The zero-order valence-corrected chi connectivity index (χ0v) is 17.4. The van der Waals surface area contributed by atoms with Gasteiger partial charge in [-0.05, 0) is 37.1 Å². The van der Waals surface area contributed by atoms with Gasteiger partial charge < -0.3 is 15.5 Å². The second-order valence-corrected chi connectivity index (χ2v) is 9.48. The SMILES string of the molecule is Cc1ccc2nc(N3CCS(=O)c4ccccc4C3)nc(N3CC[C@@H](N)C3)c2c1. The number of aryl methyl sites for hydroxylation is 1. The standard InChI is InChI=1S/C22H25N5OS/c1-15-6-7-19-18(12-15)21(26-9-8-17(23)14-26)25-22(24-19)27-10-11-29(28)20-5-3-2-4-16(20)13-27/h2-7,12,17H,8-11,13-14,23H2,1H3/t17-,29?/m1/s1. The molecule has 0 bridgehead atoms. The Morgan fingerprint density at radius 1 is 1.10 bits per heavy atom. The summed E-state index contributed by atoms with van der Waals surface area (Å²) in [5, 5.41) is 1.07. The van der Waals surface area contributed by atoms with E-state index in [0.29, 0.717) is 24.8 Å². The molecule has 3 aromatic rings. The van der Waals surface area contributed by atoms with Gasteiger partial charge in [0.1, 0.15) is 5.82 Å². The van der Waals surface area contributed by atoms with Crippen LogP contribution in [0.4, 0.5) is 11.8 Å². The van der Waals surface area contributed by atoms with Crippen molar-refractivity contribution >= 4 is 33.5 Å². The molecule has 2 aromatic carbocycles. The molecule has 7 heteroatoms. The maximum atomic E-state index is 12.7. The molecule has 6 nitrogen and oxygen atoms in total. The van der Waals surface area contributed by atoms with E-state index in [1.165, 1.54) is 5.56 Å². The Kier molecular flexibility index (Phi) is 4.72. The molecule has 1 aromatic heterocycles. The molecule has 29 heavy (non-hydrogen) atoms. The Hall–Kier alpha value is -2.51. The van der Waals surface area contributed by atoms with Gasteiger partial charge in [-0.1, -0.05) is 29.8 Å². The Bertz CT molecular complexity index is 1100. The highest BCUT2D eigenvalue weighted by molar-refractivity contribution is 7.85. The second-order valence-electron chi connectivity index (χ2n) is 7.94. The minimum atomic E-state index is -0.993. The Morgan fingerprint density at radius 3 is 2.79 bits per heavy atom. The predicted octanol–water partition coefficient (Wildman–Crippen LogP) is 2.60. The summed E-state index contributed by atoms with van der Waals surface area (Å²) in [4.78, 5) is 15.3. The first-order valence-electron chi connectivity index (χ1n) is 10.1.